The second kappa shape index (κ2) is 10.9. The maximum Gasteiger partial charge on any atom is 0.437 e. The Morgan fingerprint density at radius 2 is 1.92 bits per heavy atom. The SMILES string of the molecule is CN(CC1CCC1)C(=O)OCc1c(-c2ccc(O[C@H]3CCC[C@H](C(=O)O)C3)c(C(F)(F)F)n2)nnn1C. The van der Waals surface area contributed by atoms with E-state index in [1.54, 1.807) is 14.1 Å². The van der Waals surface area contributed by atoms with E-state index in [4.69, 9.17) is 9.47 Å². The molecule has 2 atom stereocenters. The standard InChI is InChI=1S/C24H30F3N5O5/c1-31(12-14-5-3-6-14)23(35)36-13-18-20(29-30-32(18)2)17-9-10-19(21(28-17)24(25,26)27)37-16-8-4-7-15(11-16)22(33)34/h9-10,14-16H,3-8,11-13H2,1-2H3,(H,33,34)/t15-,16-/m0/s1. The second-order valence-corrected chi connectivity index (χ2v) is 9.72. The van der Waals surface area contributed by atoms with Gasteiger partial charge in [-0.1, -0.05) is 11.6 Å². The van der Waals surface area contributed by atoms with Gasteiger partial charge in [-0.15, -0.1) is 5.10 Å². The molecule has 202 valence electrons. The van der Waals surface area contributed by atoms with Crippen LogP contribution in [0.5, 0.6) is 5.75 Å². The summed E-state index contributed by atoms with van der Waals surface area (Å²) < 4.78 is 54.1. The molecule has 2 fully saturated rings. The van der Waals surface area contributed by atoms with E-state index < -0.39 is 41.7 Å². The molecule has 4 rings (SSSR count). The van der Waals surface area contributed by atoms with Crippen molar-refractivity contribution in [2.75, 3.05) is 13.6 Å². The van der Waals surface area contributed by atoms with Gasteiger partial charge in [-0.25, -0.2) is 14.5 Å². The molecule has 37 heavy (non-hydrogen) atoms. The quantitative estimate of drug-likeness (QED) is 0.542. The van der Waals surface area contributed by atoms with Gasteiger partial charge in [0.15, 0.2) is 11.4 Å². The first-order chi connectivity index (χ1) is 17.5. The summed E-state index contributed by atoms with van der Waals surface area (Å²) >= 11 is 0. The maximum atomic E-state index is 13.9. The molecule has 1 N–H and O–H groups in total. The first kappa shape index (κ1) is 26.7. The molecule has 2 aliphatic rings. The minimum absolute atomic E-state index is 0.0533. The molecule has 13 heteroatoms. The summed E-state index contributed by atoms with van der Waals surface area (Å²) in [5.41, 5.74) is -1.00. The van der Waals surface area contributed by atoms with Crippen molar-refractivity contribution in [3.63, 3.8) is 0 Å². The van der Waals surface area contributed by atoms with Crippen molar-refractivity contribution in [3.8, 4) is 17.1 Å². The highest BCUT2D eigenvalue weighted by molar-refractivity contribution is 5.70. The lowest BCUT2D eigenvalue weighted by Gasteiger charge is -2.29. The number of alkyl halides is 3. The van der Waals surface area contributed by atoms with Crippen LogP contribution in [0.1, 0.15) is 56.3 Å². The van der Waals surface area contributed by atoms with Gasteiger partial charge in [0.1, 0.15) is 18.0 Å². The number of carboxylic acids is 1. The van der Waals surface area contributed by atoms with Gasteiger partial charge < -0.3 is 19.5 Å². The normalized spacial score (nSPS) is 20.2. The number of nitrogens with zero attached hydrogens (tertiary/aromatic N) is 5. The summed E-state index contributed by atoms with van der Waals surface area (Å²) in [5, 5.41) is 17.1. The number of ether oxygens (including phenoxy) is 2. The summed E-state index contributed by atoms with van der Waals surface area (Å²) in [6.45, 7) is 0.341. The fraction of sp³-hybridized carbons (Fsp3) is 0.625. The molecule has 1 amide bonds. The Hall–Kier alpha value is -3.38. The van der Waals surface area contributed by atoms with Gasteiger partial charge in [-0.3, -0.25) is 4.79 Å². The summed E-state index contributed by atoms with van der Waals surface area (Å²) in [5.74, 6) is -1.65. The zero-order chi connectivity index (χ0) is 26.7. The second-order valence-electron chi connectivity index (χ2n) is 9.72. The van der Waals surface area contributed by atoms with Crippen LogP contribution in [0.15, 0.2) is 12.1 Å². The highest BCUT2D eigenvalue weighted by Crippen LogP contribution is 2.38. The molecule has 10 nitrogen and oxygen atoms in total. The van der Waals surface area contributed by atoms with Crippen molar-refractivity contribution < 1.29 is 37.3 Å². The van der Waals surface area contributed by atoms with Crippen molar-refractivity contribution in [3.05, 3.63) is 23.5 Å². The summed E-state index contributed by atoms with van der Waals surface area (Å²) in [6.07, 6.45) is -1.14. The smallest absolute Gasteiger partial charge is 0.437 e. The van der Waals surface area contributed by atoms with Crippen LogP contribution in [0.25, 0.3) is 11.4 Å². The number of hydrogen-bond donors (Lipinski definition) is 1. The average molecular weight is 526 g/mol. The molecule has 0 radical (unpaired) electrons. The van der Waals surface area contributed by atoms with Crippen LogP contribution < -0.4 is 4.74 Å². The van der Waals surface area contributed by atoms with Gasteiger partial charge in [-0.05, 0) is 56.6 Å². The molecule has 0 spiro atoms. The summed E-state index contributed by atoms with van der Waals surface area (Å²) in [6, 6.07) is 2.49. The molecule has 0 aliphatic heterocycles. The molecular formula is C24H30F3N5O5. The molecule has 2 aromatic rings. The van der Waals surface area contributed by atoms with Crippen LogP contribution in [-0.2, 0) is 29.4 Å². The number of aliphatic carboxylic acids is 1. The molecule has 2 saturated carbocycles. The molecule has 2 aliphatic carbocycles. The largest absolute Gasteiger partial charge is 0.488 e. The molecule has 0 aromatic carbocycles. The van der Waals surface area contributed by atoms with Gasteiger partial charge in [0.2, 0.25) is 0 Å². The number of aromatic nitrogens is 4. The van der Waals surface area contributed by atoms with Crippen molar-refractivity contribution in [1.82, 2.24) is 24.9 Å². The Morgan fingerprint density at radius 3 is 2.57 bits per heavy atom. The fourth-order valence-electron chi connectivity index (χ4n) is 4.65. The average Bonchev–Trinajstić information content (AvgIpc) is 3.19. The number of amides is 1. The minimum atomic E-state index is -4.83. The van der Waals surface area contributed by atoms with E-state index in [-0.39, 0.29) is 30.1 Å². The van der Waals surface area contributed by atoms with E-state index >= 15 is 0 Å². The Balaban J connectivity index is 1.51. The van der Waals surface area contributed by atoms with Crippen LogP contribution in [0.2, 0.25) is 0 Å². The van der Waals surface area contributed by atoms with E-state index in [2.05, 4.69) is 15.3 Å². The third-order valence-corrected chi connectivity index (χ3v) is 6.98. The number of carbonyl (C=O) groups excluding carboxylic acids is 1. The minimum Gasteiger partial charge on any atom is -0.488 e. The third-order valence-electron chi connectivity index (χ3n) is 6.98. The number of aryl methyl sites for hydroxylation is 1. The van der Waals surface area contributed by atoms with E-state index in [0.717, 1.165) is 25.3 Å². The number of rotatable bonds is 8. The Labute approximate surface area is 211 Å². The van der Waals surface area contributed by atoms with Gasteiger partial charge >= 0.3 is 18.2 Å². The topological polar surface area (TPSA) is 120 Å². The van der Waals surface area contributed by atoms with E-state index in [1.165, 1.54) is 15.6 Å². The van der Waals surface area contributed by atoms with Crippen LogP contribution in [-0.4, -0.2) is 61.7 Å². The first-order valence-electron chi connectivity index (χ1n) is 12.3. The van der Waals surface area contributed by atoms with Gasteiger partial charge in [0.25, 0.3) is 0 Å². The first-order valence-corrected chi connectivity index (χ1v) is 12.3. The van der Waals surface area contributed by atoms with Gasteiger partial charge in [0, 0.05) is 20.6 Å². The lowest BCUT2D eigenvalue weighted by atomic mass is 9.85. The Kier molecular flexibility index (Phi) is 7.88. The lowest BCUT2D eigenvalue weighted by Crippen LogP contribution is -2.34. The molecule has 2 aromatic heterocycles. The monoisotopic (exact) mass is 525 g/mol. The number of pyridine rings is 1. The van der Waals surface area contributed by atoms with Crippen LogP contribution >= 0.6 is 0 Å². The van der Waals surface area contributed by atoms with Crippen LogP contribution in [0.3, 0.4) is 0 Å². The number of carbonyl (C=O) groups is 2. The highest BCUT2D eigenvalue weighted by atomic mass is 19.4. The predicted octanol–water partition coefficient (Wildman–Crippen LogP) is 4.29. The maximum absolute atomic E-state index is 13.9. The van der Waals surface area contributed by atoms with Gasteiger partial charge in [-0.2, -0.15) is 13.2 Å². The van der Waals surface area contributed by atoms with Crippen LogP contribution in [0.4, 0.5) is 18.0 Å². The molecule has 0 saturated heterocycles. The Bertz CT molecular complexity index is 1130. The highest BCUT2D eigenvalue weighted by Gasteiger charge is 2.39. The van der Waals surface area contributed by atoms with Crippen molar-refractivity contribution in [2.45, 2.75) is 63.8 Å². The zero-order valence-corrected chi connectivity index (χ0v) is 20.7. The van der Waals surface area contributed by atoms with E-state index in [1.807, 2.05) is 0 Å². The molecule has 0 bridgehead atoms. The number of carboxylic acid groups (broad SMARTS) is 1. The Morgan fingerprint density at radius 1 is 1.19 bits per heavy atom. The molecule has 2 heterocycles. The lowest BCUT2D eigenvalue weighted by molar-refractivity contribution is -0.146. The molecular weight excluding hydrogens is 495 g/mol. The van der Waals surface area contributed by atoms with Gasteiger partial charge in [0.05, 0.1) is 17.7 Å². The number of hydrogen-bond acceptors (Lipinski definition) is 7. The molecule has 0 unspecified atom stereocenters. The third kappa shape index (κ3) is 6.31. The van der Waals surface area contributed by atoms with Crippen LogP contribution in [0, 0.1) is 11.8 Å². The van der Waals surface area contributed by atoms with Crippen molar-refractivity contribution >= 4 is 12.1 Å². The summed E-state index contributed by atoms with van der Waals surface area (Å²) in [7, 11) is 3.19. The van der Waals surface area contributed by atoms with Crippen molar-refractivity contribution in [2.24, 2.45) is 18.9 Å². The fourth-order valence-corrected chi connectivity index (χ4v) is 4.65. The summed E-state index contributed by atoms with van der Waals surface area (Å²) in [4.78, 5) is 29.0. The number of halogens is 3. The van der Waals surface area contributed by atoms with E-state index in [0.29, 0.717) is 31.7 Å². The zero-order valence-electron chi connectivity index (χ0n) is 20.7. The predicted molar refractivity (Wildman–Crippen MR) is 123 cm³/mol. The van der Waals surface area contributed by atoms with Crippen molar-refractivity contribution in [1.29, 1.82) is 0 Å². The van der Waals surface area contributed by atoms with E-state index in [9.17, 15) is 27.9 Å².